The smallest absolute Gasteiger partial charge is 0.305 e. The molecule has 1 rings (SSSR count). The van der Waals surface area contributed by atoms with Gasteiger partial charge in [0.2, 0.25) is 12.4 Å². The van der Waals surface area contributed by atoms with Crippen LogP contribution in [0.2, 0.25) is 0 Å². The van der Waals surface area contributed by atoms with Crippen LogP contribution < -0.4 is 0 Å². The van der Waals surface area contributed by atoms with Gasteiger partial charge in [0.25, 0.3) is 0 Å². The molecule has 0 N–H and O–H groups in total. The largest absolute Gasteiger partial charge is 0.463 e. The summed E-state index contributed by atoms with van der Waals surface area (Å²) in [4.78, 5) is 44.4. The molecule has 1 aliphatic rings. The molecule has 1 saturated heterocycles. The van der Waals surface area contributed by atoms with Crippen molar-refractivity contribution in [3.63, 3.8) is 0 Å². The lowest BCUT2D eigenvalue weighted by molar-refractivity contribution is -0.197. The Balaban J connectivity index is 2.94. The molecule has 0 aliphatic carbocycles. The van der Waals surface area contributed by atoms with Gasteiger partial charge in [-0.1, -0.05) is 0 Å². The second-order valence-electron chi connectivity index (χ2n) is 4.60. The SMILES string of the molecule is CC(=O)OC[C@@H]1OC(OC(C)=O)[C@@H](OC(C)=O)[C@@H]1OC(C)=O. The molecule has 0 amide bonds. The molecule has 0 aromatic heterocycles. The van der Waals surface area contributed by atoms with Crippen molar-refractivity contribution in [2.45, 2.75) is 52.3 Å². The van der Waals surface area contributed by atoms with E-state index in [1.54, 1.807) is 0 Å². The highest BCUT2D eigenvalue weighted by atomic mass is 16.8. The molecular weight excluding hydrogens is 300 g/mol. The highest BCUT2D eigenvalue weighted by Gasteiger charge is 2.51. The van der Waals surface area contributed by atoms with Gasteiger partial charge in [-0.25, -0.2) is 0 Å². The zero-order valence-electron chi connectivity index (χ0n) is 12.7. The summed E-state index contributed by atoms with van der Waals surface area (Å²) in [5.41, 5.74) is 0. The number of hydrogen-bond donors (Lipinski definition) is 0. The van der Waals surface area contributed by atoms with Gasteiger partial charge in [-0.15, -0.1) is 0 Å². The molecule has 4 atom stereocenters. The van der Waals surface area contributed by atoms with Crippen molar-refractivity contribution < 1.29 is 42.9 Å². The standard InChI is InChI=1S/C13H18O9/c1-6(14)18-5-10-11(19-7(2)15)12(20-8(3)16)13(22-10)21-9(4)17/h10-13H,5H2,1-4H3/t10-,11+,12-,13?/m0/s1. The van der Waals surface area contributed by atoms with Crippen LogP contribution in [0.25, 0.3) is 0 Å². The van der Waals surface area contributed by atoms with Crippen LogP contribution in [0, 0.1) is 0 Å². The minimum atomic E-state index is -1.26. The van der Waals surface area contributed by atoms with E-state index in [9.17, 15) is 19.2 Å². The van der Waals surface area contributed by atoms with E-state index in [4.69, 9.17) is 23.7 Å². The number of carbonyl (C=O) groups excluding carboxylic acids is 4. The highest BCUT2D eigenvalue weighted by Crippen LogP contribution is 2.28. The van der Waals surface area contributed by atoms with E-state index in [-0.39, 0.29) is 6.61 Å². The van der Waals surface area contributed by atoms with Gasteiger partial charge in [0.05, 0.1) is 0 Å². The maximum absolute atomic E-state index is 11.2. The van der Waals surface area contributed by atoms with Crippen LogP contribution in [0.4, 0.5) is 0 Å². The van der Waals surface area contributed by atoms with Gasteiger partial charge < -0.3 is 23.7 Å². The molecule has 0 aromatic rings. The lowest BCUT2D eigenvalue weighted by Crippen LogP contribution is -2.42. The number of ether oxygens (including phenoxy) is 5. The molecule has 0 aromatic carbocycles. The first-order valence-electron chi connectivity index (χ1n) is 6.51. The fraction of sp³-hybridized carbons (Fsp3) is 0.692. The summed E-state index contributed by atoms with van der Waals surface area (Å²) in [7, 11) is 0. The molecule has 0 saturated carbocycles. The van der Waals surface area contributed by atoms with E-state index >= 15 is 0 Å². The van der Waals surface area contributed by atoms with Gasteiger partial charge in [-0.3, -0.25) is 19.2 Å². The molecule has 9 heteroatoms. The zero-order valence-corrected chi connectivity index (χ0v) is 12.7. The summed E-state index contributed by atoms with van der Waals surface area (Å²) in [5.74, 6) is -2.56. The Bertz CT molecular complexity index is 458. The van der Waals surface area contributed by atoms with Crippen LogP contribution in [0.15, 0.2) is 0 Å². The van der Waals surface area contributed by atoms with E-state index in [2.05, 4.69) is 0 Å². The van der Waals surface area contributed by atoms with Gasteiger partial charge >= 0.3 is 23.9 Å². The third-order valence-electron chi connectivity index (χ3n) is 2.60. The predicted molar refractivity (Wildman–Crippen MR) is 68.2 cm³/mol. The third kappa shape index (κ3) is 5.32. The molecule has 1 unspecified atom stereocenters. The molecule has 1 fully saturated rings. The van der Waals surface area contributed by atoms with Crippen LogP contribution in [0.5, 0.6) is 0 Å². The molecule has 1 heterocycles. The van der Waals surface area contributed by atoms with Crippen molar-refractivity contribution in [3.05, 3.63) is 0 Å². The average Bonchev–Trinajstić information content (AvgIpc) is 2.63. The molecule has 0 spiro atoms. The predicted octanol–water partition coefficient (Wildman–Crippen LogP) is -0.299. The van der Waals surface area contributed by atoms with Crippen molar-refractivity contribution in [2.75, 3.05) is 6.61 Å². The van der Waals surface area contributed by atoms with Gasteiger partial charge in [0.15, 0.2) is 6.10 Å². The first kappa shape index (κ1) is 17.9. The Morgan fingerprint density at radius 1 is 0.773 bits per heavy atom. The monoisotopic (exact) mass is 318 g/mol. The Labute approximate surface area is 126 Å². The Morgan fingerprint density at radius 2 is 1.27 bits per heavy atom. The lowest BCUT2D eigenvalue weighted by Gasteiger charge is -2.22. The number of carbonyl (C=O) groups is 4. The van der Waals surface area contributed by atoms with Crippen LogP contribution in [-0.4, -0.2) is 55.1 Å². The Hall–Kier alpha value is -2.16. The quantitative estimate of drug-likeness (QED) is 0.497. The Kier molecular flexibility index (Phi) is 6.29. The molecule has 0 bridgehead atoms. The second-order valence-corrected chi connectivity index (χ2v) is 4.60. The summed E-state index contributed by atoms with van der Waals surface area (Å²) in [6, 6.07) is 0. The van der Waals surface area contributed by atoms with E-state index in [0.717, 1.165) is 20.8 Å². The van der Waals surface area contributed by atoms with E-state index in [0.29, 0.717) is 0 Å². The van der Waals surface area contributed by atoms with Gasteiger partial charge in [-0.05, 0) is 0 Å². The average molecular weight is 318 g/mol. The molecule has 22 heavy (non-hydrogen) atoms. The molecular formula is C13H18O9. The minimum Gasteiger partial charge on any atom is -0.463 e. The maximum Gasteiger partial charge on any atom is 0.305 e. The zero-order chi connectivity index (χ0) is 16.9. The fourth-order valence-corrected chi connectivity index (χ4v) is 1.93. The van der Waals surface area contributed by atoms with Crippen LogP contribution in [0.3, 0.4) is 0 Å². The first-order valence-corrected chi connectivity index (χ1v) is 6.51. The molecule has 9 nitrogen and oxygen atoms in total. The number of esters is 4. The normalized spacial score (nSPS) is 26.9. The van der Waals surface area contributed by atoms with E-state index < -0.39 is 48.5 Å². The van der Waals surface area contributed by atoms with Crippen molar-refractivity contribution in [1.82, 2.24) is 0 Å². The summed E-state index contributed by atoms with van der Waals surface area (Å²) < 4.78 is 25.2. The van der Waals surface area contributed by atoms with E-state index in [1.807, 2.05) is 0 Å². The van der Waals surface area contributed by atoms with Crippen molar-refractivity contribution in [3.8, 4) is 0 Å². The van der Waals surface area contributed by atoms with Crippen LogP contribution in [0.1, 0.15) is 27.7 Å². The third-order valence-corrected chi connectivity index (χ3v) is 2.60. The summed E-state index contributed by atoms with van der Waals surface area (Å²) in [6.45, 7) is 4.40. The summed E-state index contributed by atoms with van der Waals surface area (Å²) in [6.07, 6.45) is -4.40. The summed E-state index contributed by atoms with van der Waals surface area (Å²) in [5, 5.41) is 0. The van der Waals surface area contributed by atoms with Crippen molar-refractivity contribution >= 4 is 23.9 Å². The lowest BCUT2D eigenvalue weighted by atomic mass is 10.1. The molecule has 124 valence electrons. The fourth-order valence-electron chi connectivity index (χ4n) is 1.93. The first-order chi connectivity index (χ1) is 10.2. The minimum absolute atomic E-state index is 0.247. The van der Waals surface area contributed by atoms with Gasteiger partial charge in [-0.2, -0.15) is 0 Å². The topological polar surface area (TPSA) is 114 Å². The Morgan fingerprint density at radius 3 is 1.73 bits per heavy atom. The van der Waals surface area contributed by atoms with Gasteiger partial charge in [0, 0.05) is 27.7 Å². The van der Waals surface area contributed by atoms with Crippen LogP contribution >= 0.6 is 0 Å². The van der Waals surface area contributed by atoms with E-state index in [1.165, 1.54) is 6.92 Å². The maximum atomic E-state index is 11.2. The van der Waals surface area contributed by atoms with Crippen LogP contribution in [-0.2, 0) is 42.9 Å². The molecule has 1 aliphatic heterocycles. The van der Waals surface area contributed by atoms with Crippen molar-refractivity contribution in [1.29, 1.82) is 0 Å². The van der Waals surface area contributed by atoms with Crippen molar-refractivity contribution in [2.24, 2.45) is 0 Å². The molecule has 0 radical (unpaired) electrons. The summed E-state index contributed by atoms with van der Waals surface area (Å²) >= 11 is 0. The second kappa shape index (κ2) is 7.74. The number of hydrogen-bond acceptors (Lipinski definition) is 9. The van der Waals surface area contributed by atoms with Gasteiger partial charge in [0.1, 0.15) is 12.7 Å². The highest BCUT2D eigenvalue weighted by molar-refractivity contribution is 5.68. The number of rotatable bonds is 5.